The first kappa shape index (κ1) is 21.2. The van der Waals surface area contributed by atoms with Crippen LogP contribution in [0.5, 0.6) is 0 Å². The van der Waals surface area contributed by atoms with E-state index in [1.807, 2.05) is 0 Å². The summed E-state index contributed by atoms with van der Waals surface area (Å²) < 4.78 is 44.5. The number of allylic oxidation sites excluding steroid dienone is 1. The van der Waals surface area contributed by atoms with E-state index in [4.69, 9.17) is 11.6 Å². The maximum atomic E-state index is 13.3. The van der Waals surface area contributed by atoms with E-state index >= 15 is 0 Å². The zero-order valence-electron chi connectivity index (χ0n) is 16.1. The van der Waals surface area contributed by atoms with E-state index in [9.17, 15) is 17.6 Å². The average Bonchev–Trinajstić information content (AvgIpc) is 3.35. The van der Waals surface area contributed by atoms with E-state index in [2.05, 4.69) is 19.8 Å². The highest BCUT2D eigenvalue weighted by molar-refractivity contribution is 7.88. The maximum absolute atomic E-state index is 13.3. The fourth-order valence-electron chi connectivity index (χ4n) is 2.71. The maximum Gasteiger partial charge on any atom is 0.345 e. The molecule has 0 saturated heterocycles. The van der Waals surface area contributed by atoms with Gasteiger partial charge in [0.2, 0.25) is 0 Å². The van der Waals surface area contributed by atoms with Crippen LogP contribution in [-0.4, -0.2) is 46.2 Å². The number of thiazole rings is 1. The molecule has 1 aliphatic heterocycles. The second-order valence-corrected chi connectivity index (χ2v) is 9.53. The number of nitrogens with zero attached hydrogens (tertiary/aromatic N) is 5. The molecule has 3 heterocycles. The average molecular weight is 481 g/mol. The summed E-state index contributed by atoms with van der Waals surface area (Å²) in [6.07, 6.45) is 6.37. The van der Waals surface area contributed by atoms with Crippen LogP contribution in [-0.2, 0) is 22.1 Å². The van der Waals surface area contributed by atoms with Crippen molar-refractivity contribution in [3.8, 4) is 10.4 Å². The normalized spacial score (nSPS) is 15.4. The lowest BCUT2D eigenvalue weighted by molar-refractivity contribution is -0.113. The standard InChI is InChI=1S/C18H14ClFN6O3S2/c1-25-9-10(7-22-25)16-8-21-18(30-16)14-6-15(26(2)31(28,29)24-14)17(27)23-11-3-4-13(20)12(19)5-11/h3-9H,1-2H3,(H,23,27). The Balaban J connectivity index is 1.66. The molecule has 0 bridgehead atoms. The summed E-state index contributed by atoms with van der Waals surface area (Å²) in [6, 6.07) is 3.63. The van der Waals surface area contributed by atoms with Crippen LogP contribution in [0.2, 0.25) is 5.02 Å². The van der Waals surface area contributed by atoms with E-state index in [1.54, 1.807) is 30.3 Å². The molecule has 1 aromatic carbocycles. The molecule has 160 valence electrons. The van der Waals surface area contributed by atoms with E-state index in [1.165, 1.54) is 36.6 Å². The Morgan fingerprint density at radius 1 is 1.26 bits per heavy atom. The van der Waals surface area contributed by atoms with E-state index in [-0.39, 0.29) is 22.1 Å². The van der Waals surface area contributed by atoms with Gasteiger partial charge in [0.15, 0.2) is 0 Å². The van der Waals surface area contributed by atoms with Crippen LogP contribution < -0.4 is 5.32 Å². The third kappa shape index (κ3) is 4.22. The topological polar surface area (TPSA) is 110 Å². The van der Waals surface area contributed by atoms with Crippen LogP contribution >= 0.6 is 22.9 Å². The van der Waals surface area contributed by atoms with Crippen molar-refractivity contribution in [3.05, 3.63) is 64.4 Å². The largest absolute Gasteiger partial charge is 0.345 e. The van der Waals surface area contributed by atoms with Crippen LogP contribution in [0.4, 0.5) is 10.1 Å². The minimum atomic E-state index is -4.16. The van der Waals surface area contributed by atoms with Gasteiger partial charge in [-0.25, -0.2) is 13.7 Å². The van der Waals surface area contributed by atoms with Gasteiger partial charge < -0.3 is 5.32 Å². The first-order valence-corrected chi connectivity index (χ1v) is 11.3. The molecule has 0 fully saturated rings. The van der Waals surface area contributed by atoms with E-state index in [0.717, 1.165) is 20.8 Å². The van der Waals surface area contributed by atoms with Gasteiger partial charge in [-0.05, 0) is 24.3 Å². The fourth-order valence-corrected chi connectivity index (χ4v) is 4.69. The fraction of sp³-hybridized carbons (Fsp3) is 0.111. The number of nitrogens with one attached hydrogen (secondary N) is 1. The summed E-state index contributed by atoms with van der Waals surface area (Å²) >= 11 is 6.95. The molecule has 13 heteroatoms. The number of rotatable bonds is 4. The minimum Gasteiger partial charge on any atom is -0.321 e. The predicted molar refractivity (Wildman–Crippen MR) is 116 cm³/mol. The number of carbonyl (C=O) groups excluding carboxylic acids is 1. The summed E-state index contributed by atoms with van der Waals surface area (Å²) in [7, 11) is -1.17. The Bertz CT molecular complexity index is 1360. The van der Waals surface area contributed by atoms with Gasteiger partial charge in [0.25, 0.3) is 5.91 Å². The number of likely N-dealkylation sites (N-methyl/N-ethyl adjacent to an activating group) is 1. The summed E-state index contributed by atoms with van der Waals surface area (Å²) in [4.78, 5) is 17.8. The summed E-state index contributed by atoms with van der Waals surface area (Å²) in [5.41, 5.74) is 0.877. The minimum absolute atomic E-state index is 0.0283. The molecule has 3 aromatic rings. The predicted octanol–water partition coefficient (Wildman–Crippen LogP) is 2.84. The third-order valence-electron chi connectivity index (χ3n) is 4.30. The zero-order chi connectivity index (χ0) is 22.3. The molecular formula is C18H14ClFN6O3S2. The molecule has 1 amide bonds. The lowest BCUT2D eigenvalue weighted by atomic mass is 10.2. The molecular weight excluding hydrogens is 467 g/mol. The number of hydrogen-bond donors (Lipinski definition) is 1. The highest BCUT2D eigenvalue weighted by atomic mass is 35.5. The summed E-state index contributed by atoms with van der Waals surface area (Å²) in [5, 5.41) is 6.75. The van der Waals surface area contributed by atoms with Gasteiger partial charge in [0.05, 0.1) is 16.1 Å². The Labute approximate surface area is 185 Å². The monoisotopic (exact) mass is 480 g/mol. The number of carbonyl (C=O) groups is 1. The van der Waals surface area contributed by atoms with Crippen molar-refractivity contribution >= 4 is 50.5 Å². The summed E-state index contributed by atoms with van der Waals surface area (Å²) in [6.45, 7) is 0. The Hall–Kier alpha value is -3.09. The number of anilines is 1. The SMILES string of the molecule is CN1C(C(=O)Nc2ccc(F)c(Cl)c2)=CC(c2ncc(-c3cnn(C)c3)s2)=NS1(=O)=O. The first-order chi connectivity index (χ1) is 14.6. The molecule has 0 atom stereocenters. The first-order valence-electron chi connectivity index (χ1n) is 8.66. The Morgan fingerprint density at radius 2 is 2.03 bits per heavy atom. The van der Waals surface area contributed by atoms with Crippen molar-refractivity contribution in [3.63, 3.8) is 0 Å². The van der Waals surface area contributed by atoms with Crippen LogP contribution in [0.25, 0.3) is 10.4 Å². The van der Waals surface area contributed by atoms with Gasteiger partial charge in [-0.2, -0.15) is 13.5 Å². The number of aromatic nitrogens is 3. The van der Waals surface area contributed by atoms with Crippen LogP contribution in [0.1, 0.15) is 5.01 Å². The molecule has 0 radical (unpaired) electrons. The van der Waals surface area contributed by atoms with E-state index < -0.39 is 21.9 Å². The highest BCUT2D eigenvalue weighted by Crippen LogP contribution is 2.29. The van der Waals surface area contributed by atoms with Gasteiger partial charge in [-0.1, -0.05) is 11.6 Å². The van der Waals surface area contributed by atoms with Crippen molar-refractivity contribution in [2.24, 2.45) is 11.4 Å². The van der Waals surface area contributed by atoms with Gasteiger partial charge in [0, 0.05) is 37.7 Å². The number of aryl methyl sites for hydroxylation is 1. The quantitative estimate of drug-likeness (QED) is 0.617. The Morgan fingerprint density at radius 3 is 2.71 bits per heavy atom. The van der Waals surface area contributed by atoms with Gasteiger partial charge in [-0.15, -0.1) is 15.7 Å². The van der Waals surface area contributed by atoms with Crippen LogP contribution in [0.15, 0.2) is 53.0 Å². The zero-order valence-corrected chi connectivity index (χ0v) is 18.5. The number of amides is 1. The number of benzene rings is 1. The highest BCUT2D eigenvalue weighted by Gasteiger charge is 2.31. The van der Waals surface area contributed by atoms with Gasteiger partial charge in [-0.3, -0.25) is 9.48 Å². The lowest BCUT2D eigenvalue weighted by Gasteiger charge is -2.23. The molecule has 0 unspecified atom stereocenters. The van der Waals surface area contributed by atoms with Crippen molar-refractivity contribution < 1.29 is 17.6 Å². The summed E-state index contributed by atoms with van der Waals surface area (Å²) in [5.74, 6) is -1.37. The second kappa shape index (κ2) is 7.87. The lowest BCUT2D eigenvalue weighted by Crippen LogP contribution is -2.35. The molecule has 2 aromatic heterocycles. The molecule has 9 nitrogen and oxygen atoms in total. The van der Waals surface area contributed by atoms with Crippen molar-refractivity contribution in [2.45, 2.75) is 0 Å². The number of hydrogen-bond acceptors (Lipinski definition) is 6. The second-order valence-electron chi connectivity index (χ2n) is 6.47. The van der Waals surface area contributed by atoms with Crippen molar-refractivity contribution in [1.29, 1.82) is 0 Å². The molecule has 0 spiro atoms. The van der Waals surface area contributed by atoms with Gasteiger partial charge >= 0.3 is 10.2 Å². The number of halogens is 2. The molecule has 0 aliphatic carbocycles. The molecule has 1 N–H and O–H groups in total. The Kier molecular flexibility index (Phi) is 5.37. The molecule has 4 rings (SSSR count). The smallest absolute Gasteiger partial charge is 0.321 e. The molecule has 1 aliphatic rings. The van der Waals surface area contributed by atoms with E-state index in [0.29, 0.717) is 5.01 Å². The molecule has 31 heavy (non-hydrogen) atoms. The molecule has 0 saturated carbocycles. The van der Waals surface area contributed by atoms with Crippen molar-refractivity contribution in [2.75, 3.05) is 12.4 Å². The van der Waals surface area contributed by atoms with Gasteiger partial charge in [0.1, 0.15) is 22.2 Å². The van der Waals surface area contributed by atoms with Crippen molar-refractivity contribution in [1.82, 2.24) is 19.1 Å². The third-order valence-corrected chi connectivity index (χ3v) is 6.97. The van der Waals surface area contributed by atoms with Crippen LogP contribution in [0, 0.1) is 5.82 Å². The van der Waals surface area contributed by atoms with Crippen LogP contribution in [0.3, 0.4) is 0 Å².